The van der Waals surface area contributed by atoms with Crippen LogP contribution >= 0.6 is 0 Å². The van der Waals surface area contributed by atoms with Gasteiger partial charge in [0.15, 0.2) is 0 Å². The predicted octanol–water partition coefficient (Wildman–Crippen LogP) is 2.23. The first kappa shape index (κ1) is 10.8. The highest BCUT2D eigenvalue weighted by Gasteiger charge is 2.08. The summed E-state index contributed by atoms with van der Waals surface area (Å²) in [4.78, 5) is 0. The van der Waals surface area contributed by atoms with Crippen molar-refractivity contribution in [1.82, 2.24) is 9.78 Å². The predicted molar refractivity (Wildman–Crippen MR) is 61.1 cm³/mol. The Bertz CT molecular complexity index is 422. The molecular formula is C12H14FN3. The zero-order valence-electron chi connectivity index (χ0n) is 8.88. The highest BCUT2D eigenvalue weighted by molar-refractivity contribution is 5.34. The lowest BCUT2D eigenvalue weighted by Gasteiger charge is -2.08. The van der Waals surface area contributed by atoms with E-state index in [-0.39, 0.29) is 0 Å². The van der Waals surface area contributed by atoms with Crippen LogP contribution in [0.15, 0.2) is 42.7 Å². The minimum atomic E-state index is -0.975. The van der Waals surface area contributed by atoms with Gasteiger partial charge in [-0.05, 0) is 36.7 Å². The SMILES string of the molecule is NCCC(F)c1ccc(-n2cccn2)cc1. The summed E-state index contributed by atoms with van der Waals surface area (Å²) >= 11 is 0. The van der Waals surface area contributed by atoms with Crippen LogP contribution in [-0.2, 0) is 0 Å². The van der Waals surface area contributed by atoms with Crippen molar-refractivity contribution in [2.24, 2.45) is 5.73 Å². The minimum absolute atomic E-state index is 0.362. The van der Waals surface area contributed by atoms with Crippen molar-refractivity contribution < 1.29 is 4.39 Å². The number of benzene rings is 1. The first-order valence-electron chi connectivity index (χ1n) is 5.25. The molecule has 1 aromatic heterocycles. The zero-order valence-corrected chi connectivity index (χ0v) is 8.88. The van der Waals surface area contributed by atoms with Gasteiger partial charge >= 0.3 is 0 Å². The maximum Gasteiger partial charge on any atom is 0.126 e. The summed E-state index contributed by atoms with van der Waals surface area (Å²) in [5, 5.41) is 4.10. The zero-order chi connectivity index (χ0) is 11.4. The summed E-state index contributed by atoms with van der Waals surface area (Å²) in [7, 11) is 0. The quantitative estimate of drug-likeness (QED) is 0.857. The Hall–Kier alpha value is -1.68. The molecular weight excluding hydrogens is 205 g/mol. The third-order valence-corrected chi connectivity index (χ3v) is 2.44. The minimum Gasteiger partial charge on any atom is -0.330 e. The summed E-state index contributed by atoms with van der Waals surface area (Å²) in [6, 6.07) is 9.10. The van der Waals surface area contributed by atoms with Gasteiger partial charge < -0.3 is 5.73 Å². The van der Waals surface area contributed by atoms with Crippen LogP contribution in [0.5, 0.6) is 0 Å². The highest BCUT2D eigenvalue weighted by atomic mass is 19.1. The molecule has 0 aliphatic carbocycles. The van der Waals surface area contributed by atoms with Crippen LogP contribution < -0.4 is 5.73 Å². The molecule has 0 radical (unpaired) electrons. The highest BCUT2D eigenvalue weighted by Crippen LogP contribution is 2.21. The van der Waals surface area contributed by atoms with Crippen molar-refractivity contribution in [3.8, 4) is 5.69 Å². The molecule has 2 N–H and O–H groups in total. The van der Waals surface area contributed by atoms with E-state index in [1.54, 1.807) is 23.0 Å². The molecule has 0 fully saturated rings. The number of hydrogen-bond acceptors (Lipinski definition) is 2. The van der Waals surface area contributed by atoms with Crippen LogP contribution in [0.2, 0.25) is 0 Å². The van der Waals surface area contributed by atoms with Gasteiger partial charge in [-0.3, -0.25) is 0 Å². The fourth-order valence-electron chi connectivity index (χ4n) is 1.57. The second-order valence-electron chi connectivity index (χ2n) is 3.59. The Morgan fingerprint density at radius 1 is 1.31 bits per heavy atom. The largest absolute Gasteiger partial charge is 0.330 e. The molecule has 1 unspecified atom stereocenters. The lowest BCUT2D eigenvalue weighted by atomic mass is 10.1. The van der Waals surface area contributed by atoms with Crippen molar-refractivity contribution >= 4 is 0 Å². The summed E-state index contributed by atoms with van der Waals surface area (Å²) in [5.74, 6) is 0. The fraction of sp³-hybridized carbons (Fsp3) is 0.250. The summed E-state index contributed by atoms with van der Waals surface area (Å²) in [6.07, 6.45) is 2.94. The molecule has 0 bridgehead atoms. The monoisotopic (exact) mass is 219 g/mol. The number of hydrogen-bond donors (Lipinski definition) is 1. The maximum atomic E-state index is 13.5. The Kier molecular flexibility index (Phi) is 3.31. The van der Waals surface area contributed by atoms with E-state index >= 15 is 0 Å². The normalized spacial score (nSPS) is 12.6. The van der Waals surface area contributed by atoms with E-state index in [0.29, 0.717) is 18.5 Å². The van der Waals surface area contributed by atoms with Crippen LogP contribution in [0.25, 0.3) is 5.69 Å². The Morgan fingerprint density at radius 3 is 2.62 bits per heavy atom. The number of nitrogens with two attached hydrogens (primary N) is 1. The Labute approximate surface area is 93.7 Å². The smallest absolute Gasteiger partial charge is 0.126 e. The van der Waals surface area contributed by atoms with E-state index < -0.39 is 6.17 Å². The van der Waals surface area contributed by atoms with Gasteiger partial charge in [0, 0.05) is 12.4 Å². The molecule has 2 aromatic rings. The molecule has 0 saturated heterocycles. The van der Waals surface area contributed by atoms with Crippen LogP contribution in [0.1, 0.15) is 18.2 Å². The molecule has 0 aliphatic heterocycles. The molecule has 3 nitrogen and oxygen atoms in total. The molecule has 84 valence electrons. The molecule has 1 atom stereocenters. The number of rotatable bonds is 4. The second kappa shape index (κ2) is 4.90. The number of nitrogens with zero attached hydrogens (tertiary/aromatic N) is 2. The number of halogens is 1. The summed E-state index contributed by atoms with van der Waals surface area (Å²) in [5.41, 5.74) is 6.91. The molecule has 0 saturated carbocycles. The Morgan fingerprint density at radius 2 is 2.06 bits per heavy atom. The van der Waals surface area contributed by atoms with E-state index in [4.69, 9.17) is 5.73 Å². The van der Waals surface area contributed by atoms with E-state index in [9.17, 15) is 4.39 Å². The van der Waals surface area contributed by atoms with Gasteiger partial charge in [0.2, 0.25) is 0 Å². The van der Waals surface area contributed by atoms with Gasteiger partial charge in [0.25, 0.3) is 0 Å². The lowest BCUT2D eigenvalue weighted by molar-refractivity contribution is 0.327. The molecule has 2 rings (SSSR count). The van der Waals surface area contributed by atoms with E-state index in [2.05, 4.69) is 5.10 Å². The standard InChI is InChI=1S/C12H14FN3/c13-12(6-7-14)10-2-4-11(5-3-10)16-9-1-8-15-16/h1-5,8-9,12H,6-7,14H2. The van der Waals surface area contributed by atoms with Gasteiger partial charge in [-0.15, -0.1) is 0 Å². The molecule has 4 heteroatoms. The van der Waals surface area contributed by atoms with E-state index in [1.807, 2.05) is 24.4 Å². The molecule has 0 amide bonds. The molecule has 1 heterocycles. The van der Waals surface area contributed by atoms with Gasteiger partial charge in [-0.2, -0.15) is 5.10 Å². The van der Waals surface area contributed by atoms with Gasteiger partial charge in [0.05, 0.1) is 5.69 Å². The van der Waals surface area contributed by atoms with Crippen molar-refractivity contribution in [1.29, 1.82) is 0 Å². The average Bonchev–Trinajstić information content (AvgIpc) is 2.83. The van der Waals surface area contributed by atoms with E-state index in [0.717, 1.165) is 5.69 Å². The molecule has 16 heavy (non-hydrogen) atoms. The van der Waals surface area contributed by atoms with E-state index in [1.165, 1.54) is 0 Å². The third-order valence-electron chi connectivity index (χ3n) is 2.44. The first-order chi connectivity index (χ1) is 7.81. The van der Waals surface area contributed by atoms with Crippen LogP contribution in [0.3, 0.4) is 0 Å². The van der Waals surface area contributed by atoms with Crippen LogP contribution in [0, 0.1) is 0 Å². The molecule has 1 aromatic carbocycles. The van der Waals surface area contributed by atoms with Gasteiger partial charge in [-0.25, -0.2) is 9.07 Å². The lowest BCUT2D eigenvalue weighted by Crippen LogP contribution is -2.03. The topological polar surface area (TPSA) is 43.8 Å². The van der Waals surface area contributed by atoms with Gasteiger partial charge in [0.1, 0.15) is 6.17 Å². The first-order valence-corrected chi connectivity index (χ1v) is 5.25. The molecule has 0 spiro atoms. The van der Waals surface area contributed by atoms with Crippen molar-refractivity contribution in [3.63, 3.8) is 0 Å². The van der Waals surface area contributed by atoms with Crippen molar-refractivity contribution in [3.05, 3.63) is 48.3 Å². The molecule has 0 aliphatic rings. The van der Waals surface area contributed by atoms with Gasteiger partial charge in [-0.1, -0.05) is 12.1 Å². The second-order valence-corrected chi connectivity index (χ2v) is 3.59. The van der Waals surface area contributed by atoms with Crippen molar-refractivity contribution in [2.45, 2.75) is 12.6 Å². The maximum absolute atomic E-state index is 13.5. The average molecular weight is 219 g/mol. The van der Waals surface area contributed by atoms with Crippen molar-refractivity contribution in [2.75, 3.05) is 6.54 Å². The number of alkyl halides is 1. The summed E-state index contributed by atoms with van der Waals surface area (Å²) in [6.45, 7) is 0.363. The number of aromatic nitrogens is 2. The summed E-state index contributed by atoms with van der Waals surface area (Å²) < 4.78 is 15.2. The Balaban J connectivity index is 2.16. The van der Waals surface area contributed by atoms with Crippen LogP contribution in [0.4, 0.5) is 4.39 Å². The van der Waals surface area contributed by atoms with Crippen LogP contribution in [-0.4, -0.2) is 16.3 Å². The fourth-order valence-corrected chi connectivity index (χ4v) is 1.57. The third kappa shape index (κ3) is 2.28.